The van der Waals surface area contributed by atoms with Crippen molar-refractivity contribution in [3.05, 3.63) is 95.1 Å². The van der Waals surface area contributed by atoms with E-state index in [4.69, 9.17) is 8.37 Å². The Morgan fingerprint density at radius 2 is 1.08 bits per heavy atom. The molecular formula is C26H25NO9S2. The van der Waals surface area contributed by atoms with Gasteiger partial charge in [-0.2, -0.15) is 16.8 Å². The average molecular weight is 560 g/mol. The lowest BCUT2D eigenvalue weighted by Crippen LogP contribution is -2.51. The van der Waals surface area contributed by atoms with E-state index in [2.05, 4.69) is 0 Å². The monoisotopic (exact) mass is 559 g/mol. The van der Waals surface area contributed by atoms with Crippen molar-refractivity contribution in [1.82, 2.24) is 4.90 Å². The Morgan fingerprint density at radius 3 is 1.50 bits per heavy atom. The van der Waals surface area contributed by atoms with E-state index in [1.54, 1.807) is 50.2 Å². The van der Waals surface area contributed by atoms with Gasteiger partial charge in [-0.3, -0.25) is 22.9 Å². The zero-order valence-corrected chi connectivity index (χ0v) is 22.1. The van der Waals surface area contributed by atoms with Crippen LogP contribution in [0, 0.1) is 13.8 Å². The fourth-order valence-electron chi connectivity index (χ4n) is 3.84. The predicted molar refractivity (Wildman–Crippen MR) is 135 cm³/mol. The molecule has 3 aromatic rings. The minimum absolute atomic E-state index is 0.0595. The number of amides is 2. The quantitative estimate of drug-likeness (QED) is 0.292. The highest BCUT2D eigenvalue weighted by Crippen LogP contribution is 2.27. The summed E-state index contributed by atoms with van der Waals surface area (Å²) in [4.78, 5) is 26.5. The summed E-state index contributed by atoms with van der Waals surface area (Å²) in [6, 6.07) is 15.9. The van der Waals surface area contributed by atoms with Gasteiger partial charge >= 0.3 is 0 Å². The molecule has 0 spiro atoms. The Morgan fingerprint density at radius 1 is 0.684 bits per heavy atom. The topological polar surface area (TPSA) is 144 Å². The molecule has 1 aliphatic rings. The Kier molecular flexibility index (Phi) is 7.81. The largest absolute Gasteiger partial charge is 0.388 e. The number of aliphatic hydroxyl groups is 1. The Hall–Kier alpha value is -3.42. The number of carbonyl (C=O) groups is 2. The van der Waals surface area contributed by atoms with Gasteiger partial charge < -0.3 is 5.11 Å². The first kappa shape index (κ1) is 27.6. The molecule has 1 aliphatic heterocycles. The molecule has 0 aliphatic carbocycles. The summed E-state index contributed by atoms with van der Waals surface area (Å²) >= 11 is 0. The molecule has 0 aromatic heterocycles. The van der Waals surface area contributed by atoms with Crippen LogP contribution in [0.5, 0.6) is 0 Å². The second-order valence-electron chi connectivity index (χ2n) is 8.76. The van der Waals surface area contributed by atoms with Gasteiger partial charge in [0.15, 0.2) is 0 Å². The highest BCUT2D eigenvalue weighted by atomic mass is 32.2. The van der Waals surface area contributed by atoms with Crippen LogP contribution in [0.25, 0.3) is 0 Å². The first-order chi connectivity index (χ1) is 17.9. The molecule has 10 nitrogen and oxygen atoms in total. The number of hydrogen-bond acceptors (Lipinski definition) is 9. The van der Waals surface area contributed by atoms with Crippen molar-refractivity contribution in [2.75, 3.05) is 13.2 Å². The number of hydrogen-bond donors (Lipinski definition) is 1. The summed E-state index contributed by atoms with van der Waals surface area (Å²) in [5.41, 5.74) is 1.75. The molecule has 0 radical (unpaired) electrons. The van der Waals surface area contributed by atoms with E-state index in [0.29, 0.717) is 4.90 Å². The van der Waals surface area contributed by atoms with Gasteiger partial charge in [-0.1, -0.05) is 47.5 Å². The summed E-state index contributed by atoms with van der Waals surface area (Å²) in [7, 11) is -8.66. The molecule has 0 unspecified atom stereocenters. The number of nitrogens with zero attached hydrogens (tertiary/aromatic N) is 1. The van der Waals surface area contributed by atoms with E-state index < -0.39 is 57.4 Å². The van der Waals surface area contributed by atoms with Crippen molar-refractivity contribution in [3.63, 3.8) is 0 Å². The first-order valence-corrected chi connectivity index (χ1v) is 14.3. The van der Waals surface area contributed by atoms with E-state index in [-0.39, 0.29) is 20.9 Å². The van der Waals surface area contributed by atoms with Crippen molar-refractivity contribution in [2.24, 2.45) is 0 Å². The second kappa shape index (κ2) is 10.8. The van der Waals surface area contributed by atoms with Crippen LogP contribution in [0.4, 0.5) is 0 Å². The fraction of sp³-hybridized carbons (Fsp3) is 0.231. The molecule has 12 heteroatoms. The summed E-state index contributed by atoms with van der Waals surface area (Å²) in [5.74, 6) is -1.57. The summed E-state index contributed by atoms with van der Waals surface area (Å²) in [6.07, 6.45) is -1.81. The highest BCUT2D eigenvalue weighted by Gasteiger charge is 2.43. The molecule has 38 heavy (non-hydrogen) atoms. The number of aryl methyl sites for hydroxylation is 2. The molecule has 1 heterocycles. The first-order valence-electron chi connectivity index (χ1n) is 11.5. The normalized spacial score (nSPS) is 15.4. The molecular weight excluding hydrogens is 534 g/mol. The minimum atomic E-state index is -4.35. The van der Waals surface area contributed by atoms with Crippen LogP contribution in [0.3, 0.4) is 0 Å². The van der Waals surface area contributed by atoms with Crippen LogP contribution in [-0.4, -0.2) is 64.0 Å². The standard InChI is InChI=1S/C26H25NO9S2/c1-17-7-11-19(12-8-17)37(31,32)35-15-23(27-25(29)21-5-3-4-6-22(21)26(27)30)24(28)16-36-38(33,34)20-13-9-18(2)10-14-20/h3-14,23-24,28H,15-16H2,1-2H3/t23-,24+/m0/s1. The van der Waals surface area contributed by atoms with Crippen molar-refractivity contribution < 1.29 is 39.9 Å². The van der Waals surface area contributed by atoms with E-state index in [9.17, 15) is 31.5 Å². The summed E-state index contributed by atoms with van der Waals surface area (Å²) < 4.78 is 60.9. The van der Waals surface area contributed by atoms with Crippen LogP contribution in [0.2, 0.25) is 0 Å². The SMILES string of the molecule is Cc1ccc(S(=O)(=O)OC[C@@H](O)[C@H](COS(=O)(=O)c2ccc(C)cc2)N2C(=O)c3ccccc3C2=O)cc1. The maximum absolute atomic E-state index is 13.1. The lowest BCUT2D eigenvalue weighted by Gasteiger charge is -2.29. The summed E-state index contributed by atoms with van der Waals surface area (Å²) in [5, 5.41) is 10.9. The fourth-order valence-corrected chi connectivity index (χ4v) is 5.69. The third-order valence-electron chi connectivity index (χ3n) is 6.01. The van der Waals surface area contributed by atoms with Gasteiger partial charge in [-0.15, -0.1) is 0 Å². The average Bonchev–Trinajstić information content (AvgIpc) is 3.13. The number of fused-ring (bicyclic) bond motifs is 1. The van der Waals surface area contributed by atoms with Crippen LogP contribution in [0.1, 0.15) is 31.8 Å². The molecule has 0 saturated heterocycles. The van der Waals surface area contributed by atoms with Crippen molar-refractivity contribution in [1.29, 1.82) is 0 Å². The van der Waals surface area contributed by atoms with Gasteiger partial charge in [0.2, 0.25) is 0 Å². The third kappa shape index (κ3) is 5.69. The number of rotatable bonds is 10. The van der Waals surface area contributed by atoms with E-state index >= 15 is 0 Å². The minimum Gasteiger partial charge on any atom is -0.388 e. The molecule has 3 aromatic carbocycles. The second-order valence-corrected chi connectivity index (χ2v) is 12.0. The van der Waals surface area contributed by atoms with Crippen molar-refractivity contribution >= 4 is 32.1 Å². The maximum atomic E-state index is 13.1. The van der Waals surface area contributed by atoms with Crippen LogP contribution in [0.15, 0.2) is 82.6 Å². The van der Waals surface area contributed by atoms with Gasteiger partial charge in [-0.05, 0) is 50.2 Å². The van der Waals surface area contributed by atoms with E-state index in [0.717, 1.165) is 11.1 Å². The molecule has 2 atom stereocenters. The van der Waals surface area contributed by atoms with E-state index in [1.807, 2.05) is 0 Å². The Bertz CT molecular complexity index is 1530. The van der Waals surface area contributed by atoms with Crippen LogP contribution >= 0.6 is 0 Å². The van der Waals surface area contributed by atoms with Gasteiger partial charge in [0.05, 0.1) is 40.2 Å². The maximum Gasteiger partial charge on any atom is 0.297 e. The van der Waals surface area contributed by atoms with Gasteiger partial charge in [0.1, 0.15) is 6.10 Å². The van der Waals surface area contributed by atoms with E-state index in [1.165, 1.54) is 36.4 Å². The van der Waals surface area contributed by atoms with Gasteiger partial charge in [-0.25, -0.2) is 0 Å². The molecule has 0 bridgehead atoms. The van der Waals surface area contributed by atoms with Crippen molar-refractivity contribution in [2.45, 2.75) is 35.8 Å². The predicted octanol–water partition coefficient (Wildman–Crippen LogP) is 2.44. The Balaban J connectivity index is 1.59. The van der Waals surface area contributed by atoms with Crippen LogP contribution in [-0.2, 0) is 28.6 Å². The molecule has 1 N–H and O–H groups in total. The van der Waals surface area contributed by atoms with Gasteiger partial charge in [0, 0.05) is 0 Å². The third-order valence-corrected chi connectivity index (χ3v) is 8.60. The molecule has 2 amide bonds. The molecule has 200 valence electrons. The number of aliphatic hydroxyl groups excluding tert-OH is 1. The molecule has 4 rings (SSSR count). The smallest absolute Gasteiger partial charge is 0.297 e. The molecule has 0 saturated carbocycles. The zero-order chi connectivity index (χ0) is 27.7. The lowest BCUT2D eigenvalue weighted by atomic mass is 10.1. The highest BCUT2D eigenvalue weighted by molar-refractivity contribution is 7.87. The Labute approximate surface area is 220 Å². The zero-order valence-electron chi connectivity index (χ0n) is 20.5. The van der Waals surface area contributed by atoms with Gasteiger partial charge in [0.25, 0.3) is 32.1 Å². The number of benzene rings is 3. The summed E-state index contributed by atoms with van der Waals surface area (Å²) in [6.45, 7) is 1.84. The lowest BCUT2D eigenvalue weighted by molar-refractivity contribution is 0.00719. The van der Waals surface area contributed by atoms with Crippen LogP contribution < -0.4 is 0 Å². The molecule has 0 fully saturated rings. The number of carbonyl (C=O) groups excluding carboxylic acids is 2. The number of imide groups is 1. The van der Waals surface area contributed by atoms with Crippen molar-refractivity contribution in [3.8, 4) is 0 Å².